The summed E-state index contributed by atoms with van der Waals surface area (Å²) in [4.78, 5) is 74.8. The van der Waals surface area contributed by atoms with Gasteiger partial charge in [0, 0.05) is 46.6 Å². The third-order valence-electron chi connectivity index (χ3n) is 12.3. The summed E-state index contributed by atoms with van der Waals surface area (Å²) in [5.74, 6) is -2.37. The summed E-state index contributed by atoms with van der Waals surface area (Å²) in [6.07, 6.45) is 2.21. The summed E-state index contributed by atoms with van der Waals surface area (Å²) in [7, 11) is 10.1. The van der Waals surface area contributed by atoms with Gasteiger partial charge in [0.25, 0.3) is 0 Å². The van der Waals surface area contributed by atoms with Crippen LogP contribution >= 0.6 is 0 Å². The summed E-state index contributed by atoms with van der Waals surface area (Å²) < 4.78 is 17.0. The number of hydrogen-bond acceptors (Lipinski definition) is 10. The number of likely N-dealkylation sites (N-methyl/N-ethyl adjacent to an activating group) is 2. The number of methoxy groups -OCH3 is 3. The number of nitrogens with zero attached hydrogens (tertiary/aromatic N) is 3. The molecular formula is C45H77N5O8. The van der Waals surface area contributed by atoms with Gasteiger partial charge < -0.3 is 34.6 Å². The second-order valence-electron chi connectivity index (χ2n) is 17.0. The van der Waals surface area contributed by atoms with Crippen LogP contribution in [0.25, 0.3) is 0 Å². The number of ketones is 1. The van der Waals surface area contributed by atoms with Crippen molar-refractivity contribution in [3.05, 3.63) is 35.9 Å². The minimum absolute atomic E-state index is 0.0135. The van der Waals surface area contributed by atoms with E-state index in [-0.39, 0.29) is 72.6 Å². The first kappa shape index (κ1) is 50.8. The fourth-order valence-electron chi connectivity index (χ4n) is 8.77. The molecule has 3 amide bonds. The Morgan fingerprint density at radius 2 is 1.57 bits per heavy atom. The normalized spacial score (nSPS) is 18.6. The highest BCUT2D eigenvalue weighted by Gasteiger charge is 2.43. The Morgan fingerprint density at radius 3 is 2.10 bits per heavy atom. The van der Waals surface area contributed by atoms with E-state index >= 15 is 0 Å². The van der Waals surface area contributed by atoms with E-state index in [2.05, 4.69) is 43.2 Å². The molecule has 58 heavy (non-hydrogen) atoms. The zero-order chi connectivity index (χ0) is 43.7. The van der Waals surface area contributed by atoms with E-state index in [4.69, 9.17) is 14.2 Å². The molecule has 13 heteroatoms. The van der Waals surface area contributed by atoms with Crippen LogP contribution < -0.4 is 10.6 Å². The van der Waals surface area contributed by atoms with E-state index in [1.807, 2.05) is 58.3 Å². The molecule has 1 aliphatic heterocycles. The molecule has 1 aromatic carbocycles. The van der Waals surface area contributed by atoms with Gasteiger partial charge in [-0.05, 0) is 69.8 Å². The summed E-state index contributed by atoms with van der Waals surface area (Å²) in [5.41, 5.74) is 0.879. The van der Waals surface area contributed by atoms with Crippen LogP contribution in [-0.2, 0) is 44.6 Å². The maximum absolute atomic E-state index is 14.5. The van der Waals surface area contributed by atoms with Crippen molar-refractivity contribution in [3.63, 3.8) is 0 Å². The lowest BCUT2D eigenvalue weighted by Gasteiger charge is -2.41. The molecule has 0 aromatic heterocycles. The molecule has 0 saturated carbocycles. The molecule has 1 heterocycles. The van der Waals surface area contributed by atoms with Gasteiger partial charge in [-0.1, -0.05) is 85.2 Å². The number of carbonyl (C=O) groups is 5. The topological polar surface area (TPSA) is 147 Å². The second kappa shape index (κ2) is 25.3. The highest BCUT2D eigenvalue weighted by Crippen LogP contribution is 2.31. The summed E-state index contributed by atoms with van der Waals surface area (Å²) in [6, 6.07) is 7.40. The lowest BCUT2D eigenvalue weighted by atomic mass is 9.83. The van der Waals surface area contributed by atoms with Crippen molar-refractivity contribution in [1.82, 2.24) is 25.3 Å². The van der Waals surface area contributed by atoms with E-state index in [1.54, 1.807) is 30.9 Å². The van der Waals surface area contributed by atoms with Gasteiger partial charge >= 0.3 is 5.97 Å². The van der Waals surface area contributed by atoms with Gasteiger partial charge in [0.15, 0.2) is 5.78 Å². The van der Waals surface area contributed by atoms with Crippen LogP contribution in [0.3, 0.4) is 0 Å². The fraction of sp³-hybridized carbons (Fsp3) is 0.756. The van der Waals surface area contributed by atoms with E-state index < -0.39 is 42.1 Å². The Labute approximate surface area is 349 Å². The Kier molecular flexibility index (Phi) is 22.1. The lowest BCUT2D eigenvalue weighted by molar-refractivity contribution is -0.150. The predicted octanol–water partition coefficient (Wildman–Crippen LogP) is 4.60. The zero-order valence-corrected chi connectivity index (χ0v) is 37.9. The fourth-order valence-corrected chi connectivity index (χ4v) is 8.77. The highest BCUT2D eigenvalue weighted by molar-refractivity contribution is 5.90. The Bertz CT molecular complexity index is 1430. The molecule has 330 valence electrons. The molecule has 1 saturated heterocycles. The highest BCUT2D eigenvalue weighted by atomic mass is 16.5. The summed E-state index contributed by atoms with van der Waals surface area (Å²) >= 11 is 0. The number of nitrogens with one attached hydrogen (secondary N) is 2. The average Bonchev–Trinajstić information content (AvgIpc) is 3.68. The Morgan fingerprint density at radius 1 is 0.914 bits per heavy atom. The number of rotatable bonds is 26. The van der Waals surface area contributed by atoms with Gasteiger partial charge in [0.1, 0.15) is 6.04 Å². The minimum Gasteiger partial charge on any atom is -0.467 e. The number of ether oxygens (including phenoxy) is 3. The van der Waals surface area contributed by atoms with Crippen LogP contribution in [0.5, 0.6) is 0 Å². The molecule has 9 atom stereocenters. The van der Waals surface area contributed by atoms with Crippen molar-refractivity contribution in [2.24, 2.45) is 29.6 Å². The van der Waals surface area contributed by atoms with E-state index in [9.17, 15) is 24.0 Å². The van der Waals surface area contributed by atoms with Gasteiger partial charge in [-0.2, -0.15) is 0 Å². The maximum Gasteiger partial charge on any atom is 0.328 e. The molecule has 2 N–H and O–H groups in total. The molecule has 1 aromatic rings. The Balaban J connectivity index is 2.28. The molecule has 2 rings (SSSR count). The molecular weight excluding hydrogens is 739 g/mol. The van der Waals surface area contributed by atoms with Crippen molar-refractivity contribution in [2.75, 3.05) is 62.1 Å². The van der Waals surface area contributed by atoms with E-state index in [0.29, 0.717) is 13.0 Å². The first-order valence-electron chi connectivity index (χ1n) is 21.4. The van der Waals surface area contributed by atoms with Gasteiger partial charge in [-0.25, -0.2) is 4.79 Å². The molecule has 0 aliphatic carbocycles. The van der Waals surface area contributed by atoms with Gasteiger partial charge in [-0.3, -0.25) is 24.1 Å². The third-order valence-corrected chi connectivity index (χ3v) is 12.3. The minimum atomic E-state index is -0.888. The molecule has 1 fully saturated rings. The maximum atomic E-state index is 14.5. The van der Waals surface area contributed by atoms with Crippen molar-refractivity contribution in [3.8, 4) is 0 Å². The predicted molar refractivity (Wildman–Crippen MR) is 228 cm³/mol. The second-order valence-corrected chi connectivity index (χ2v) is 17.0. The SMILES string of the molecule is CC[C@H](C)[C@@H]([C@@H](CC(=O)N1CCC[C@H]1[C@H](OC)[C@@H](C)C(=O)N[C@@H](Cc1ccccc1)C(=O)OC)OC)N(C)C(=O)[C@@H](CC(=O)[C@H](C(C)C)N(C)CCCNC)C(C)C. The third kappa shape index (κ3) is 14.1. The average molecular weight is 816 g/mol. The van der Waals surface area contributed by atoms with Gasteiger partial charge in [-0.15, -0.1) is 0 Å². The van der Waals surface area contributed by atoms with Gasteiger partial charge in [0.2, 0.25) is 17.7 Å². The number of benzene rings is 1. The van der Waals surface area contributed by atoms with Crippen molar-refractivity contribution < 1.29 is 38.2 Å². The quantitative estimate of drug-likeness (QED) is 0.101. The largest absolute Gasteiger partial charge is 0.467 e. The van der Waals surface area contributed by atoms with Crippen LogP contribution in [0.15, 0.2) is 30.3 Å². The number of Topliss-reactive ketones (excluding diaryl/α,β-unsaturated/α-hetero) is 1. The van der Waals surface area contributed by atoms with Crippen LogP contribution in [0.4, 0.5) is 0 Å². The molecule has 0 unspecified atom stereocenters. The van der Waals surface area contributed by atoms with Gasteiger partial charge in [0.05, 0.1) is 49.8 Å². The van der Waals surface area contributed by atoms with E-state index in [0.717, 1.165) is 37.9 Å². The molecule has 13 nitrogen and oxygen atoms in total. The zero-order valence-electron chi connectivity index (χ0n) is 37.9. The monoisotopic (exact) mass is 816 g/mol. The number of hydrogen-bond donors (Lipinski definition) is 2. The first-order chi connectivity index (χ1) is 27.5. The molecule has 1 aliphatic rings. The van der Waals surface area contributed by atoms with E-state index in [1.165, 1.54) is 14.2 Å². The smallest absolute Gasteiger partial charge is 0.328 e. The standard InChI is InChI=1S/C45H77N5O8/c1-14-31(6)41(49(10)44(54)34(29(2)3)27-37(51)40(30(4)5)48(9)24-19-23-46-8)38(56-11)28-39(52)50-25-18-22-36(50)42(57-12)32(7)43(53)47-35(45(55)58-13)26-33-20-16-15-17-21-33/h15-17,20-21,29-32,34-36,38,40-42,46H,14,18-19,22-28H2,1-13H3,(H,47,53)/t31-,32+,34-,35-,36-,38+,40-,41-,42+/m0/s1. The molecule has 0 spiro atoms. The lowest BCUT2D eigenvalue weighted by Crippen LogP contribution is -2.55. The van der Waals surface area contributed by atoms with Crippen molar-refractivity contribution in [1.29, 1.82) is 0 Å². The number of carbonyl (C=O) groups excluding carboxylic acids is 5. The first-order valence-corrected chi connectivity index (χ1v) is 21.4. The number of esters is 1. The summed E-state index contributed by atoms with van der Waals surface area (Å²) in [5, 5.41) is 6.04. The molecule has 0 bridgehead atoms. The van der Waals surface area contributed by atoms with Crippen molar-refractivity contribution in [2.45, 2.75) is 130 Å². The number of amides is 3. The van der Waals surface area contributed by atoms with Crippen LogP contribution in [-0.4, -0.2) is 143 Å². The number of likely N-dealkylation sites (tertiary alicyclic amines) is 1. The van der Waals surface area contributed by atoms with Crippen molar-refractivity contribution >= 4 is 29.5 Å². The molecule has 0 radical (unpaired) electrons. The Hall–Kier alpha value is -3.39. The van der Waals surface area contributed by atoms with Crippen LogP contribution in [0.2, 0.25) is 0 Å². The van der Waals surface area contributed by atoms with Crippen LogP contribution in [0, 0.1) is 29.6 Å². The summed E-state index contributed by atoms with van der Waals surface area (Å²) in [6.45, 7) is 16.1. The van der Waals surface area contributed by atoms with Crippen LogP contribution in [0.1, 0.15) is 92.6 Å².